The van der Waals surface area contributed by atoms with Crippen LogP contribution in [0.2, 0.25) is 0 Å². The van der Waals surface area contributed by atoms with E-state index in [2.05, 4.69) is 37.2 Å². The molecular weight excluding hydrogens is 346 g/mol. The van der Waals surface area contributed by atoms with E-state index in [0.29, 0.717) is 0 Å². The van der Waals surface area contributed by atoms with E-state index in [-0.39, 0.29) is 11.4 Å². The molecule has 1 aromatic rings. The normalized spacial score (nSPS) is 17.4. The molecule has 1 amide bonds. The molecule has 1 N–H and O–H groups in total. The van der Waals surface area contributed by atoms with Crippen molar-refractivity contribution in [3.05, 3.63) is 33.8 Å². The van der Waals surface area contributed by atoms with Gasteiger partial charge in [-0.3, -0.25) is 4.79 Å². The second-order valence-corrected chi connectivity index (χ2v) is 6.10. The zero-order chi connectivity index (χ0) is 12.5. The number of halogens is 2. The summed E-state index contributed by atoms with van der Waals surface area (Å²) >= 11 is 6.94. The fourth-order valence-corrected chi connectivity index (χ4v) is 3.02. The zero-order valence-corrected chi connectivity index (χ0v) is 12.9. The van der Waals surface area contributed by atoms with E-state index in [9.17, 15) is 4.79 Å². The Hall–Kier alpha value is -0.350. The van der Waals surface area contributed by atoms with Gasteiger partial charge in [-0.05, 0) is 43.9 Å². The minimum absolute atomic E-state index is 0.0184. The van der Waals surface area contributed by atoms with Gasteiger partial charge in [-0.15, -0.1) is 0 Å². The lowest BCUT2D eigenvalue weighted by Crippen LogP contribution is -2.54. The Morgan fingerprint density at radius 3 is 2.65 bits per heavy atom. The van der Waals surface area contributed by atoms with Gasteiger partial charge >= 0.3 is 0 Å². The second kappa shape index (κ2) is 5.11. The number of hydrogen-bond acceptors (Lipinski definition) is 1. The fourth-order valence-electron chi connectivity index (χ4n) is 1.94. The van der Waals surface area contributed by atoms with Crippen LogP contribution in [0.25, 0.3) is 0 Å². The molecule has 0 heterocycles. The molecule has 1 aromatic carbocycles. The molecule has 1 fully saturated rings. The van der Waals surface area contributed by atoms with Crippen molar-refractivity contribution in [1.82, 2.24) is 5.32 Å². The number of nitrogens with one attached hydrogen (secondary N) is 1. The topological polar surface area (TPSA) is 29.1 Å². The van der Waals surface area contributed by atoms with Crippen LogP contribution in [0.15, 0.2) is 22.7 Å². The molecule has 4 heteroatoms. The number of carbonyl (C=O) groups is 1. The number of aryl methyl sites for hydroxylation is 1. The minimum atomic E-state index is -0.0194. The lowest BCUT2D eigenvalue weighted by Gasteiger charge is -2.41. The quantitative estimate of drug-likeness (QED) is 0.816. The average molecular weight is 361 g/mol. The Morgan fingerprint density at radius 2 is 2.18 bits per heavy atom. The van der Waals surface area contributed by atoms with Gasteiger partial charge in [-0.25, -0.2) is 0 Å². The first-order valence-corrected chi connectivity index (χ1v) is 7.62. The molecule has 0 bridgehead atoms. The molecule has 17 heavy (non-hydrogen) atoms. The summed E-state index contributed by atoms with van der Waals surface area (Å²) in [6, 6.07) is 5.71. The van der Waals surface area contributed by atoms with Crippen LogP contribution in [-0.4, -0.2) is 16.8 Å². The van der Waals surface area contributed by atoms with Crippen molar-refractivity contribution in [1.29, 1.82) is 0 Å². The monoisotopic (exact) mass is 359 g/mol. The van der Waals surface area contributed by atoms with Crippen molar-refractivity contribution in [3.8, 4) is 0 Å². The lowest BCUT2D eigenvalue weighted by molar-refractivity contribution is 0.0856. The molecule has 0 aliphatic heterocycles. The van der Waals surface area contributed by atoms with Crippen molar-refractivity contribution >= 4 is 37.8 Å². The third-order valence-electron chi connectivity index (χ3n) is 3.38. The molecule has 1 aliphatic carbocycles. The summed E-state index contributed by atoms with van der Waals surface area (Å²) < 4.78 is 0.978. The van der Waals surface area contributed by atoms with Gasteiger partial charge in [0.05, 0.1) is 5.54 Å². The third kappa shape index (κ3) is 2.74. The lowest BCUT2D eigenvalue weighted by atomic mass is 9.78. The molecule has 0 unspecified atom stereocenters. The van der Waals surface area contributed by atoms with Gasteiger partial charge in [0, 0.05) is 15.4 Å². The maximum Gasteiger partial charge on any atom is 0.251 e. The highest BCUT2D eigenvalue weighted by Gasteiger charge is 2.37. The van der Waals surface area contributed by atoms with Crippen molar-refractivity contribution in [2.45, 2.75) is 31.7 Å². The zero-order valence-electron chi connectivity index (χ0n) is 9.72. The highest BCUT2D eigenvalue weighted by atomic mass is 79.9. The number of rotatable bonds is 3. The number of amides is 1. The first-order chi connectivity index (χ1) is 8.06. The first-order valence-electron chi connectivity index (χ1n) is 5.71. The van der Waals surface area contributed by atoms with Crippen LogP contribution >= 0.6 is 31.9 Å². The molecule has 0 aromatic heterocycles. The number of alkyl halides is 1. The average Bonchev–Trinajstić information content (AvgIpc) is 2.27. The smallest absolute Gasteiger partial charge is 0.251 e. The number of carbonyl (C=O) groups excluding carboxylic acids is 1. The predicted molar refractivity (Wildman–Crippen MR) is 76.7 cm³/mol. The van der Waals surface area contributed by atoms with Crippen LogP contribution in [0, 0.1) is 6.92 Å². The predicted octanol–water partition coefficient (Wildman–Crippen LogP) is 3.80. The highest BCUT2D eigenvalue weighted by molar-refractivity contribution is 9.10. The molecule has 1 aliphatic rings. The van der Waals surface area contributed by atoms with E-state index in [1.807, 2.05) is 25.1 Å². The number of hydrogen-bond donors (Lipinski definition) is 1. The summed E-state index contributed by atoms with van der Waals surface area (Å²) in [5, 5.41) is 3.97. The van der Waals surface area contributed by atoms with Gasteiger partial charge < -0.3 is 5.32 Å². The van der Waals surface area contributed by atoms with E-state index < -0.39 is 0 Å². The maximum absolute atomic E-state index is 12.1. The van der Waals surface area contributed by atoms with Gasteiger partial charge in [0.2, 0.25) is 0 Å². The van der Waals surface area contributed by atoms with Crippen LogP contribution in [-0.2, 0) is 0 Å². The molecule has 0 atom stereocenters. The van der Waals surface area contributed by atoms with Gasteiger partial charge in [0.25, 0.3) is 5.91 Å². The van der Waals surface area contributed by atoms with E-state index in [1.165, 1.54) is 6.42 Å². The minimum Gasteiger partial charge on any atom is -0.346 e. The van der Waals surface area contributed by atoms with Gasteiger partial charge in [-0.2, -0.15) is 0 Å². The molecule has 2 nitrogen and oxygen atoms in total. The standard InChI is InChI=1S/C13H15Br2NO/c1-9-3-4-10(7-11(9)15)12(17)16-13(8-14)5-2-6-13/h3-4,7H,2,5-6,8H2,1H3,(H,16,17). The largest absolute Gasteiger partial charge is 0.346 e. The van der Waals surface area contributed by atoms with E-state index in [1.54, 1.807) is 0 Å². The van der Waals surface area contributed by atoms with Crippen LogP contribution in [0.4, 0.5) is 0 Å². The Bertz CT molecular complexity index is 436. The van der Waals surface area contributed by atoms with Crippen LogP contribution in [0.3, 0.4) is 0 Å². The third-order valence-corrected chi connectivity index (χ3v) is 5.31. The maximum atomic E-state index is 12.1. The molecule has 2 rings (SSSR count). The van der Waals surface area contributed by atoms with Crippen LogP contribution < -0.4 is 5.32 Å². The summed E-state index contributed by atoms with van der Waals surface area (Å²) in [6.07, 6.45) is 3.33. The van der Waals surface area contributed by atoms with Gasteiger partial charge in [0.15, 0.2) is 0 Å². The number of benzene rings is 1. The Morgan fingerprint density at radius 1 is 1.47 bits per heavy atom. The molecule has 92 valence electrons. The van der Waals surface area contributed by atoms with Crippen molar-refractivity contribution in [2.75, 3.05) is 5.33 Å². The SMILES string of the molecule is Cc1ccc(C(=O)NC2(CBr)CCC2)cc1Br. The highest BCUT2D eigenvalue weighted by Crippen LogP contribution is 2.33. The van der Waals surface area contributed by atoms with Crippen molar-refractivity contribution < 1.29 is 4.79 Å². The Labute approximate surface area is 118 Å². The van der Waals surface area contributed by atoms with Crippen LogP contribution in [0.5, 0.6) is 0 Å². The van der Waals surface area contributed by atoms with Gasteiger partial charge in [-0.1, -0.05) is 37.9 Å². The van der Waals surface area contributed by atoms with Gasteiger partial charge in [0.1, 0.15) is 0 Å². The molecular formula is C13H15Br2NO. The Kier molecular flexibility index (Phi) is 3.93. The van der Waals surface area contributed by atoms with Crippen molar-refractivity contribution in [2.24, 2.45) is 0 Å². The molecule has 0 spiro atoms. The van der Waals surface area contributed by atoms with Crippen molar-refractivity contribution in [3.63, 3.8) is 0 Å². The summed E-state index contributed by atoms with van der Waals surface area (Å²) in [4.78, 5) is 12.1. The molecule has 0 saturated heterocycles. The van der Waals surface area contributed by atoms with E-state index in [4.69, 9.17) is 0 Å². The summed E-state index contributed by atoms with van der Waals surface area (Å²) in [7, 11) is 0. The summed E-state index contributed by atoms with van der Waals surface area (Å²) in [6.45, 7) is 2.01. The van der Waals surface area contributed by atoms with E-state index in [0.717, 1.165) is 33.8 Å². The molecule has 1 saturated carbocycles. The first kappa shape index (κ1) is 13.1. The molecule has 0 radical (unpaired) electrons. The second-order valence-electron chi connectivity index (χ2n) is 4.69. The van der Waals surface area contributed by atoms with Crippen LogP contribution in [0.1, 0.15) is 35.2 Å². The summed E-state index contributed by atoms with van der Waals surface area (Å²) in [5.41, 5.74) is 1.84. The van der Waals surface area contributed by atoms with E-state index >= 15 is 0 Å². The summed E-state index contributed by atoms with van der Waals surface area (Å²) in [5.74, 6) is 0.0184. The Balaban J connectivity index is 2.11. The fraction of sp³-hybridized carbons (Fsp3) is 0.462.